The highest BCUT2D eigenvalue weighted by Gasteiger charge is 2.17. The van der Waals surface area contributed by atoms with Crippen molar-refractivity contribution in [1.29, 1.82) is 0 Å². The first-order valence-electron chi connectivity index (χ1n) is 6.21. The van der Waals surface area contributed by atoms with Crippen molar-refractivity contribution < 1.29 is 14.3 Å². The van der Waals surface area contributed by atoms with E-state index in [-0.39, 0.29) is 12.2 Å². The van der Waals surface area contributed by atoms with E-state index in [0.717, 1.165) is 4.47 Å². The average Bonchev–Trinajstić information content (AvgIpc) is 2.49. The summed E-state index contributed by atoms with van der Waals surface area (Å²) in [5.74, 6) is 0.827. The number of benzene rings is 1. The van der Waals surface area contributed by atoms with Gasteiger partial charge in [-0.1, -0.05) is 0 Å². The largest absolute Gasteiger partial charge is 0.493 e. The quantitative estimate of drug-likeness (QED) is 0.662. The Bertz CT molecular complexity index is 674. The highest BCUT2D eigenvalue weighted by atomic mass is 79.9. The highest BCUT2D eigenvalue weighted by molar-refractivity contribution is 9.10. The van der Waals surface area contributed by atoms with E-state index in [1.165, 1.54) is 14.2 Å². The van der Waals surface area contributed by atoms with Crippen molar-refractivity contribution >= 4 is 27.4 Å². The maximum atomic E-state index is 12.4. The third-order valence-corrected chi connectivity index (χ3v) is 3.74. The van der Waals surface area contributed by atoms with Crippen LogP contribution in [0.3, 0.4) is 0 Å². The molecule has 0 aliphatic carbocycles. The minimum atomic E-state index is -0.132. The monoisotopic (exact) mass is 350 g/mol. The molecule has 2 rings (SSSR count). The van der Waals surface area contributed by atoms with Crippen LogP contribution in [0.4, 0.5) is 5.69 Å². The van der Waals surface area contributed by atoms with Gasteiger partial charge in [0.15, 0.2) is 17.3 Å². The van der Waals surface area contributed by atoms with Crippen molar-refractivity contribution in [2.45, 2.75) is 6.42 Å². The number of hydrogen-bond acceptors (Lipinski definition) is 5. The first kappa shape index (κ1) is 15.3. The number of ketones is 1. The Hall–Kier alpha value is -2.08. The van der Waals surface area contributed by atoms with Crippen LogP contribution in [-0.2, 0) is 6.42 Å². The molecule has 0 aliphatic heterocycles. The molecule has 0 unspecified atom stereocenters. The summed E-state index contributed by atoms with van der Waals surface area (Å²) in [6.07, 6.45) is 1.80. The molecular weight excluding hydrogens is 336 g/mol. The summed E-state index contributed by atoms with van der Waals surface area (Å²) < 4.78 is 11.1. The molecule has 1 aromatic heterocycles. The number of carbonyl (C=O) groups is 1. The molecular formula is C15H15BrN2O3. The molecule has 1 aromatic carbocycles. The number of aromatic nitrogens is 1. The van der Waals surface area contributed by atoms with Crippen LogP contribution in [0, 0.1) is 0 Å². The number of carbonyl (C=O) groups excluding carboxylic acids is 1. The van der Waals surface area contributed by atoms with Crippen molar-refractivity contribution in [3.05, 3.63) is 46.2 Å². The lowest BCUT2D eigenvalue weighted by Crippen LogP contribution is -2.09. The summed E-state index contributed by atoms with van der Waals surface area (Å²) in [5.41, 5.74) is 7.33. The summed E-state index contributed by atoms with van der Waals surface area (Å²) in [6, 6.07) is 6.81. The van der Waals surface area contributed by atoms with Gasteiger partial charge in [-0.25, -0.2) is 0 Å². The van der Waals surface area contributed by atoms with Gasteiger partial charge in [0, 0.05) is 28.0 Å². The lowest BCUT2D eigenvalue weighted by molar-refractivity contribution is 0.0992. The molecule has 110 valence electrons. The summed E-state index contributed by atoms with van der Waals surface area (Å²) >= 11 is 3.38. The molecule has 0 bridgehead atoms. The number of ether oxygens (including phenoxy) is 2. The number of anilines is 1. The number of methoxy groups -OCH3 is 2. The number of nitrogens with two attached hydrogens (primary N) is 1. The first-order chi connectivity index (χ1) is 10.1. The van der Waals surface area contributed by atoms with Crippen LogP contribution in [0.5, 0.6) is 11.5 Å². The Morgan fingerprint density at radius 1 is 1.29 bits per heavy atom. The molecule has 0 radical (unpaired) electrons. The summed E-state index contributed by atoms with van der Waals surface area (Å²) in [4.78, 5) is 16.6. The number of pyridine rings is 1. The lowest BCUT2D eigenvalue weighted by Gasteiger charge is -2.12. The average molecular weight is 351 g/mol. The molecule has 6 heteroatoms. The summed E-state index contributed by atoms with van der Waals surface area (Å²) in [5, 5.41) is 0. The topological polar surface area (TPSA) is 74.4 Å². The van der Waals surface area contributed by atoms with Crippen molar-refractivity contribution in [3.63, 3.8) is 0 Å². The van der Waals surface area contributed by atoms with E-state index in [0.29, 0.717) is 28.4 Å². The second-order valence-electron chi connectivity index (χ2n) is 4.33. The minimum absolute atomic E-state index is 0.132. The van der Waals surface area contributed by atoms with Crippen LogP contribution >= 0.6 is 15.9 Å². The Morgan fingerprint density at radius 2 is 1.95 bits per heavy atom. The number of nitrogens with zero attached hydrogens (tertiary/aromatic N) is 1. The second-order valence-corrected chi connectivity index (χ2v) is 5.18. The summed E-state index contributed by atoms with van der Waals surface area (Å²) in [7, 11) is 3.03. The SMILES string of the molecule is COc1cc(N)c(C(=O)Cc2ncccc2Br)cc1OC. The van der Waals surface area contributed by atoms with Gasteiger partial charge in [0.05, 0.1) is 26.3 Å². The number of hydrogen-bond donors (Lipinski definition) is 1. The molecule has 1 heterocycles. The van der Waals surface area contributed by atoms with Gasteiger partial charge < -0.3 is 15.2 Å². The minimum Gasteiger partial charge on any atom is -0.493 e. The van der Waals surface area contributed by atoms with Crippen LogP contribution < -0.4 is 15.2 Å². The standard InChI is InChI=1S/C15H15BrN2O3/c1-20-14-6-9(11(17)7-15(14)21-2)13(19)8-12-10(16)4-3-5-18-12/h3-7H,8,17H2,1-2H3. The number of halogens is 1. The van der Waals surface area contributed by atoms with Crippen molar-refractivity contribution in [1.82, 2.24) is 4.98 Å². The van der Waals surface area contributed by atoms with Gasteiger partial charge >= 0.3 is 0 Å². The summed E-state index contributed by atoms with van der Waals surface area (Å²) in [6.45, 7) is 0. The van der Waals surface area contributed by atoms with E-state index in [1.807, 2.05) is 6.07 Å². The Kier molecular flexibility index (Phi) is 4.80. The fraction of sp³-hybridized carbons (Fsp3) is 0.200. The molecule has 0 spiro atoms. The molecule has 0 fully saturated rings. The van der Waals surface area contributed by atoms with Crippen LogP contribution in [0.25, 0.3) is 0 Å². The maximum Gasteiger partial charge on any atom is 0.171 e. The lowest BCUT2D eigenvalue weighted by atomic mass is 10.0. The zero-order chi connectivity index (χ0) is 15.4. The predicted octanol–water partition coefficient (Wildman–Crippen LogP) is 2.87. The van der Waals surface area contributed by atoms with Crippen LogP contribution in [0.15, 0.2) is 34.9 Å². The van der Waals surface area contributed by atoms with Gasteiger partial charge in [0.25, 0.3) is 0 Å². The second kappa shape index (κ2) is 6.58. The molecule has 2 aromatic rings. The molecule has 0 saturated carbocycles. The first-order valence-corrected chi connectivity index (χ1v) is 7.00. The third-order valence-electron chi connectivity index (χ3n) is 3.02. The normalized spacial score (nSPS) is 10.2. The van der Waals surface area contributed by atoms with Gasteiger partial charge in [-0.05, 0) is 34.1 Å². The van der Waals surface area contributed by atoms with Crippen molar-refractivity contribution in [3.8, 4) is 11.5 Å². The Labute approximate surface area is 131 Å². The fourth-order valence-corrected chi connectivity index (χ4v) is 2.33. The number of Topliss-reactive ketones (excluding diaryl/α,β-unsaturated/α-hetero) is 1. The van der Waals surface area contributed by atoms with E-state index >= 15 is 0 Å². The smallest absolute Gasteiger partial charge is 0.171 e. The van der Waals surface area contributed by atoms with Crippen LogP contribution in [-0.4, -0.2) is 25.0 Å². The molecule has 2 N–H and O–H groups in total. The highest BCUT2D eigenvalue weighted by Crippen LogP contribution is 2.32. The zero-order valence-corrected chi connectivity index (χ0v) is 13.3. The number of nitrogen functional groups attached to an aromatic ring is 1. The van der Waals surface area contributed by atoms with E-state index in [1.54, 1.807) is 24.4 Å². The fourth-order valence-electron chi connectivity index (χ4n) is 1.93. The van der Waals surface area contributed by atoms with Crippen LogP contribution in [0.1, 0.15) is 16.1 Å². The Morgan fingerprint density at radius 3 is 2.57 bits per heavy atom. The molecule has 0 aliphatic rings. The van der Waals surface area contributed by atoms with Gasteiger partial charge in [-0.2, -0.15) is 0 Å². The van der Waals surface area contributed by atoms with Crippen molar-refractivity contribution in [2.75, 3.05) is 20.0 Å². The van der Waals surface area contributed by atoms with Gasteiger partial charge in [0.2, 0.25) is 0 Å². The molecule has 0 atom stereocenters. The third kappa shape index (κ3) is 3.33. The Balaban J connectivity index is 2.33. The number of rotatable bonds is 5. The molecule has 0 amide bonds. The van der Waals surface area contributed by atoms with Crippen molar-refractivity contribution in [2.24, 2.45) is 0 Å². The molecule has 0 saturated heterocycles. The molecule has 21 heavy (non-hydrogen) atoms. The van der Waals surface area contributed by atoms with E-state index in [2.05, 4.69) is 20.9 Å². The van der Waals surface area contributed by atoms with E-state index in [9.17, 15) is 4.79 Å². The van der Waals surface area contributed by atoms with Crippen LogP contribution in [0.2, 0.25) is 0 Å². The van der Waals surface area contributed by atoms with Gasteiger partial charge in [-0.3, -0.25) is 9.78 Å². The van der Waals surface area contributed by atoms with E-state index < -0.39 is 0 Å². The van der Waals surface area contributed by atoms with Gasteiger partial charge in [0.1, 0.15) is 0 Å². The zero-order valence-electron chi connectivity index (χ0n) is 11.7. The molecule has 5 nitrogen and oxygen atoms in total. The van der Waals surface area contributed by atoms with Gasteiger partial charge in [-0.15, -0.1) is 0 Å². The maximum absolute atomic E-state index is 12.4. The predicted molar refractivity (Wildman–Crippen MR) is 83.9 cm³/mol. The van der Waals surface area contributed by atoms with E-state index in [4.69, 9.17) is 15.2 Å².